The smallest absolute Gasteiger partial charge is 0.246 e. The number of carbonyl (C=O) groups is 1. The Hall–Kier alpha value is -2.17. The molecule has 0 N–H and O–H groups in total. The van der Waals surface area contributed by atoms with E-state index >= 15 is 0 Å². The molecule has 3 rings (SSSR count). The maximum Gasteiger partial charge on any atom is 0.246 e. The van der Waals surface area contributed by atoms with Gasteiger partial charge in [-0.1, -0.05) is 17.3 Å². The van der Waals surface area contributed by atoms with E-state index < -0.39 is 0 Å². The molecular weight excluding hydrogens is 242 g/mol. The molecule has 2 aromatic rings. The van der Waals surface area contributed by atoms with Gasteiger partial charge in [0.2, 0.25) is 5.89 Å². The van der Waals surface area contributed by atoms with Gasteiger partial charge in [-0.05, 0) is 25.5 Å². The van der Waals surface area contributed by atoms with Crippen LogP contribution >= 0.6 is 0 Å². The number of anilines is 1. The quantitative estimate of drug-likeness (QED) is 0.826. The highest BCUT2D eigenvalue weighted by Gasteiger charge is 2.21. The average Bonchev–Trinajstić information content (AvgIpc) is 2.75. The molecule has 19 heavy (non-hydrogen) atoms. The fourth-order valence-electron chi connectivity index (χ4n) is 2.40. The summed E-state index contributed by atoms with van der Waals surface area (Å²) < 4.78 is 5.16. The van der Waals surface area contributed by atoms with E-state index in [1.54, 1.807) is 6.92 Å². The summed E-state index contributed by atoms with van der Waals surface area (Å²) in [7, 11) is 0. The second-order valence-corrected chi connectivity index (χ2v) is 4.70. The highest BCUT2D eigenvalue weighted by Crippen LogP contribution is 2.27. The Morgan fingerprint density at radius 1 is 1.37 bits per heavy atom. The number of carbonyl (C=O) groups excluding carboxylic acids is 1. The highest BCUT2D eigenvalue weighted by atomic mass is 16.5. The molecule has 0 bridgehead atoms. The lowest BCUT2D eigenvalue weighted by molar-refractivity contribution is 0.0984. The van der Waals surface area contributed by atoms with Gasteiger partial charge in [-0.2, -0.15) is 4.98 Å². The van der Waals surface area contributed by atoms with Crippen LogP contribution < -0.4 is 4.90 Å². The van der Waals surface area contributed by atoms with E-state index in [-0.39, 0.29) is 5.78 Å². The van der Waals surface area contributed by atoms with Gasteiger partial charge >= 0.3 is 0 Å². The monoisotopic (exact) mass is 257 g/mol. The number of hydrogen-bond donors (Lipinski definition) is 0. The van der Waals surface area contributed by atoms with E-state index in [2.05, 4.69) is 15.0 Å². The van der Waals surface area contributed by atoms with Crippen molar-refractivity contribution in [2.75, 3.05) is 11.4 Å². The van der Waals surface area contributed by atoms with Gasteiger partial charge in [-0.25, -0.2) is 0 Å². The number of hydrogen-bond acceptors (Lipinski definition) is 5. The topological polar surface area (TPSA) is 59.2 Å². The van der Waals surface area contributed by atoms with Gasteiger partial charge < -0.3 is 9.42 Å². The Morgan fingerprint density at radius 3 is 3.00 bits per heavy atom. The molecule has 1 aromatic heterocycles. The van der Waals surface area contributed by atoms with Crippen LogP contribution in [0.1, 0.15) is 34.9 Å². The van der Waals surface area contributed by atoms with Crippen LogP contribution in [0.25, 0.3) is 0 Å². The number of aryl methyl sites for hydroxylation is 1. The molecule has 2 heterocycles. The molecule has 5 nitrogen and oxygen atoms in total. The highest BCUT2D eigenvalue weighted by molar-refractivity contribution is 6.01. The van der Waals surface area contributed by atoms with Crippen molar-refractivity contribution in [1.29, 1.82) is 0 Å². The molecule has 0 aliphatic carbocycles. The van der Waals surface area contributed by atoms with E-state index in [1.807, 2.05) is 24.3 Å². The number of Topliss-reactive ketones (excluding diaryl/α,β-unsaturated/α-hetero) is 1. The maximum absolute atomic E-state index is 12.0. The standard InChI is InChI=1S/C14H15N3O2/c1-10-15-14(19-16-10)9-17-8-4-7-13(18)11-5-2-3-6-12(11)17/h2-3,5-6H,4,7-9H2,1H3. The molecule has 5 heteroatoms. The van der Waals surface area contributed by atoms with Crippen LogP contribution in [0.15, 0.2) is 28.8 Å². The van der Waals surface area contributed by atoms with Crippen molar-refractivity contribution < 1.29 is 9.32 Å². The molecular formula is C14H15N3O2. The minimum Gasteiger partial charge on any atom is -0.362 e. The third-order valence-electron chi connectivity index (χ3n) is 3.27. The van der Waals surface area contributed by atoms with Crippen molar-refractivity contribution in [2.24, 2.45) is 0 Å². The first-order valence-electron chi connectivity index (χ1n) is 6.40. The van der Waals surface area contributed by atoms with Crippen LogP contribution in [0.3, 0.4) is 0 Å². The Morgan fingerprint density at radius 2 is 2.21 bits per heavy atom. The lowest BCUT2D eigenvalue weighted by Crippen LogP contribution is -2.23. The van der Waals surface area contributed by atoms with Gasteiger partial charge in [0.05, 0.1) is 6.54 Å². The second-order valence-electron chi connectivity index (χ2n) is 4.70. The third-order valence-corrected chi connectivity index (χ3v) is 3.27. The summed E-state index contributed by atoms with van der Waals surface area (Å²) in [5.41, 5.74) is 1.75. The first-order chi connectivity index (χ1) is 9.24. The van der Waals surface area contributed by atoms with E-state index in [4.69, 9.17) is 4.52 Å². The predicted molar refractivity (Wildman–Crippen MR) is 70.1 cm³/mol. The molecule has 0 radical (unpaired) electrons. The van der Waals surface area contributed by atoms with Gasteiger partial charge in [0.25, 0.3) is 0 Å². The number of fused-ring (bicyclic) bond motifs is 1. The molecule has 0 saturated carbocycles. The minimum atomic E-state index is 0.208. The molecule has 1 aliphatic rings. The Balaban J connectivity index is 1.93. The Bertz CT molecular complexity index is 606. The van der Waals surface area contributed by atoms with Crippen LogP contribution in [0.2, 0.25) is 0 Å². The van der Waals surface area contributed by atoms with Gasteiger partial charge in [0.1, 0.15) is 0 Å². The summed E-state index contributed by atoms with van der Waals surface area (Å²) >= 11 is 0. The summed E-state index contributed by atoms with van der Waals surface area (Å²) in [5.74, 6) is 1.43. The van der Waals surface area contributed by atoms with Crippen molar-refractivity contribution in [3.05, 3.63) is 41.5 Å². The van der Waals surface area contributed by atoms with Crippen molar-refractivity contribution in [3.8, 4) is 0 Å². The van der Waals surface area contributed by atoms with Crippen LogP contribution in [-0.2, 0) is 6.54 Å². The van der Waals surface area contributed by atoms with E-state index in [0.717, 1.165) is 24.2 Å². The van der Waals surface area contributed by atoms with Crippen molar-refractivity contribution >= 4 is 11.5 Å². The fourth-order valence-corrected chi connectivity index (χ4v) is 2.40. The molecule has 0 saturated heterocycles. The van der Waals surface area contributed by atoms with Gasteiger partial charge in [-0.15, -0.1) is 0 Å². The van der Waals surface area contributed by atoms with Crippen LogP contribution in [0.4, 0.5) is 5.69 Å². The average molecular weight is 257 g/mol. The van der Waals surface area contributed by atoms with Crippen LogP contribution in [0, 0.1) is 6.92 Å². The molecule has 0 unspecified atom stereocenters. The number of rotatable bonds is 2. The Kier molecular flexibility index (Phi) is 3.03. The second kappa shape index (κ2) is 4.84. The van der Waals surface area contributed by atoms with E-state index in [1.165, 1.54) is 0 Å². The molecule has 0 amide bonds. The third kappa shape index (κ3) is 2.36. The zero-order valence-corrected chi connectivity index (χ0v) is 10.8. The van der Waals surface area contributed by atoms with Crippen LogP contribution in [0.5, 0.6) is 0 Å². The number of aromatic nitrogens is 2. The lowest BCUT2D eigenvalue weighted by Gasteiger charge is -2.22. The van der Waals surface area contributed by atoms with Gasteiger partial charge in [-0.3, -0.25) is 4.79 Å². The largest absolute Gasteiger partial charge is 0.362 e. The molecule has 1 aliphatic heterocycles. The lowest BCUT2D eigenvalue weighted by atomic mass is 10.1. The summed E-state index contributed by atoms with van der Waals surface area (Å²) in [6.45, 7) is 3.17. The number of ketones is 1. The predicted octanol–water partition coefficient (Wildman–Crippen LogP) is 2.36. The SMILES string of the molecule is Cc1noc(CN2CCCC(=O)c3ccccc32)n1. The first kappa shape index (κ1) is 11.9. The van der Waals surface area contributed by atoms with Crippen molar-refractivity contribution in [3.63, 3.8) is 0 Å². The Labute approximate surface area is 111 Å². The van der Waals surface area contributed by atoms with Gasteiger partial charge in [0.15, 0.2) is 11.6 Å². The minimum absolute atomic E-state index is 0.208. The first-order valence-corrected chi connectivity index (χ1v) is 6.40. The summed E-state index contributed by atoms with van der Waals surface area (Å²) in [4.78, 5) is 18.4. The summed E-state index contributed by atoms with van der Waals surface area (Å²) in [6, 6.07) is 7.71. The van der Waals surface area contributed by atoms with Crippen LogP contribution in [-0.4, -0.2) is 22.5 Å². The molecule has 0 atom stereocenters. The van der Waals surface area contributed by atoms with Crippen molar-refractivity contribution in [2.45, 2.75) is 26.3 Å². The fraction of sp³-hybridized carbons (Fsp3) is 0.357. The zero-order valence-electron chi connectivity index (χ0n) is 10.8. The zero-order chi connectivity index (χ0) is 13.2. The molecule has 0 fully saturated rings. The number of para-hydroxylation sites is 1. The van der Waals surface area contributed by atoms with E-state index in [0.29, 0.717) is 24.7 Å². The molecule has 1 aromatic carbocycles. The summed E-state index contributed by atoms with van der Waals surface area (Å²) in [6.07, 6.45) is 1.44. The normalized spacial score (nSPS) is 15.2. The van der Waals surface area contributed by atoms with Gasteiger partial charge in [0, 0.05) is 24.2 Å². The van der Waals surface area contributed by atoms with Crippen molar-refractivity contribution in [1.82, 2.24) is 10.1 Å². The molecule has 98 valence electrons. The molecule has 0 spiro atoms. The summed E-state index contributed by atoms with van der Waals surface area (Å²) in [5, 5.41) is 3.80. The maximum atomic E-state index is 12.0. The number of benzene rings is 1. The number of nitrogens with zero attached hydrogens (tertiary/aromatic N) is 3. The van der Waals surface area contributed by atoms with E-state index in [9.17, 15) is 4.79 Å².